The van der Waals surface area contributed by atoms with Gasteiger partial charge in [-0.3, -0.25) is 14.4 Å². The van der Waals surface area contributed by atoms with Gasteiger partial charge < -0.3 is 15.5 Å². The molecule has 1 heterocycles. The third kappa shape index (κ3) is 4.83. The molecule has 3 aromatic carbocycles. The van der Waals surface area contributed by atoms with E-state index in [1.54, 1.807) is 30.3 Å². The van der Waals surface area contributed by atoms with Gasteiger partial charge >= 0.3 is 0 Å². The Morgan fingerprint density at radius 2 is 1.69 bits per heavy atom. The van der Waals surface area contributed by atoms with Gasteiger partial charge in [-0.1, -0.05) is 29.8 Å². The first-order valence-corrected chi connectivity index (χ1v) is 10.2. The fourth-order valence-electron chi connectivity index (χ4n) is 3.60. The number of amides is 3. The van der Waals surface area contributed by atoms with Crippen molar-refractivity contribution >= 4 is 34.8 Å². The zero-order valence-electron chi connectivity index (χ0n) is 17.5. The minimum Gasteiger partial charge on any atom is -0.326 e. The number of anilines is 3. The van der Waals surface area contributed by atoms with Crippen LogP contribution in [-0.4, -0.2) is 24.3 Å². The molecule has 2 N–H and O–H groups in total. The van der Waals surface area contributed by atoms with E-state index in [0.29, 0.717) is 22.6 Å². The van der Waals surface area contributed by atoms with Crippen LogP contribution in [0.2, 0.25) is 0 Å². The third-order valence-electron chi connectivity index (χ3n) is 5.32. The van der Waals surface area contributed by atoms with Crippen molar-refractivity contribution in [3.05, 3.63) is 89.7 Å². The smallest absolute Gasteiger partial charge is 0.255 e. The van der Waals surface area contributed by atoms with Crippen molar-refractivity contribution in [2.24, 2.45) is 5.92 Å². The van der Waals surface area contributed by atoms with Crippen molar-refractivity contribution in [2.75, 3.05) is 22.1 Å². The number of hydrogen-bond donors (Lipinski definition) is 2. The van der Waals surface area contributed by atoms with Crippen LogP contribution >= 0.6 is 0 Å². The van der Waals surface area contributed by atoms with Crippen molar-refractivity contribution in [3.63, 3.8) is 0 Å². The summed E-state index contributed by atoms with van der Waals surface area (Å²) in [5, 5.41) is 5.49. The topological polar surface area (TPSA) is 78.5 Å². The average Bonchev–Trinajstić information content (AvgIpc) is 3.17. The molecule has 6 nitrogen and oxygen atoms in total. The summed E-state index contributed by atoms with van der Waals surface area (Å²) in [5.41, 5.74) is 3.07. The predicted octanol–water partition coefficient (Wildman–Crippen LogP) is 4.38. The van der Waals surface area contributed by atoms with Crippen LogP contribution in [0.1, 0.15) is 22.3 Å². The van der Waals surface area contributed by atoms with Crippen LogP contribution in [0.5, 0.6) is 0 Å². The highest BCUT2D eigenvalue weighted by molar-refractivity contribution is 6.07. The van der Waals surface area contributed by atoms with Gasteiger partial charge in [0.25, 0.3) is 5.91 Å². The van der Waals surface area contributed by atoms with Crippen LogP contribution in [0.25, 0.3) is 0 Å². The molecule has 0 aromatic heterocycles. The van der Waals surface area contributed by atoms with Gasteiger partial charge in [0.05, 0.1) is 5.92 Å². The van der Waals surface area contributed by atoms with Crippen LogP contribution in [0.15, 0.2) is 72.8 Å². The molecule has 3 amide bonds. The molecule has 1 aliphatic heterocycles. The van der Waals surface area contributed by atoms with Gasteiger partial charge in [-0.15, -0.1) is 0 Å². The molecule has 1 atom stereocenters. The van der Waals surface area contributed by atoms with Crippen LogP contribution < -0.4 is 15.5 Å². The van der Waals surface area contributed by atoms with Gasteiger partial charge in [0.1, 0.15) is 5.82 Å². The summed E-state index contributed by atoms with van der Waals surface area (Å²) < 4.78 is 13.4. The summed E-state index contributed by atoms with van der Waals surface area (Å²) >= 11 is 0. The SMILES string of the molecule is Cc1ccc(NC(=O)c2cccc(N3C[C@@H](C(=O)Nc4cccc(F)c4)CC3=O)c2)cc1. The number of carbonyl (C=O) groups is 3. The Balaban J connectivity index is 1.44. The molecule has 0 spiro atoms. The normalized spacial score (nSPS) is 15.5. The van der Waals surface area contributed by atoms with Crippen LogP contribution in [-0.2, 0) is 9.59 Å². The van der Waals surface area contributed by atoms with E-state index in [4.69, 9.17) is 0 Å². The first kappa shape index (κ1) is 21.2. The molecular weight excluding hydrogens is 409 g/mol. The van der Waals surface area contributed by atoms with Gasteiger partial charge in [-0.25, -0.2) is 4.39 Å². The lowest BCUT2D eigenvalue weighted by Crippen LogP contribution is -2.28. The summed E-state index contributed by atoms with van der Waals surface area (Å²) in [7, 11) is 0. The number of carbonyl (C=O) groups excluding carboxylic acids is 3. The average molecular weight is 431 g/mol. The lowest BCUT2D eigenvalue weighted by molar-refractivity contribution is -0.122. The highest BCUT2D eigenvalue weighted by atomic mass is 19.1. The monoisotopic (exact) mass is 431 g/mol. The van der Waals surface area contributed by atoms with E-state index in [0.717, 1.165) is 5.56 Å². The molecule has 0 aliphatic carbocycles. The quantitative estimate of drug-likeness (QED) is 0.629. The molecular formula is C25H22FN3O3. The molecule has 32 heavy (non-hydrogen) atoms. The van der Waals surface area contributed by atoms with Crippen LogP contribution in [0, 0.1) is 18.7 Å². The van der Waals surface area contributed by atoms with Gasteiger partial charge in [-0.2, -0.15) is 0 Å². The summed E-state index contributed by atoms with van der Waals surface area (Å²) in [4.78, 5) is 39.3. The largest absolute Gasteiger partial charge is 0.326 e. The fourth-order valence-corrected chi connectivity index (χ4v) is 3.60. The molecule has 3 aromatic rings. The molecule has 1 aliphatic rings. The first-order chi connectivity index (χ1) is 15.4. The van der Waals surface area contributed by atoms with E-state index >= 15 is 0 Å². The number of nitrogens with one attached hydrogen (secondary N) is 2. The molecule has 0 radical (unpaired) electrons. The molecule has 1 saturated heterocycles. The van der Waals surface area contributed by atoms with Crippen molar-refractivity contribution in [3.8, 4) is 0 Å². The van der Waals surface area contributed by atoms with Gasteiger partial charge in [0.15, 0.2) is 0 Å². The fraction of sp³-hybridized carbons (Fsp3) is 0.160. The lowest BCUT2D eigenvalue weighted by Gasteiger charge is -2.18. The first-order valence-electron chi connectivity index (χ1n) is 10.2. The van der Waals surface area contributed by atoms with Gasteiger partial charge in [0.2, 0.25) is 11.8 Å². The molecule has 4 rings (SSSR count). The second kappa shape index (κ2) is 9.01. The maximum Gasteiger partial charge on any atom is 0.255 e. The predicted molar refractivity (Wildman–Crippen MR) is 121 cm³/mol. The molecule has 162 valence electrons. The standard InChI is InChI=1S/C25H22FN3O3/c1-16-8-10-20(11-9-16)27-24(31)17-4-2-7-22(12-17)29-15-18(13-23(29)30)25(32)28-21-6-3-5-19(26)14-21/h2-12,14,18H,13,15H2,1H3,(H,27,31)(H,28,32)/t18-/m0/s1. The maximum atomic E-state index is 13.4. The number of halogens is 1. The van der Waals surface area contributed by atoms with E-state index in [-0.39, 0.29) is 30.7 Å². The number of rotatable bonds is 5. The highest BCUT2D eigenvalue weighted by Crippen LogP contribution is 2.27. The van der Waals surface area contributed by atoms with Crippen molar-refractivity contribution in [2.45, 2.75) is 13.3 Å². The summed E-state index contributed by atoms with van der Waals surface area (Å²) in [6.45, 7) is 2.15. The van der Waals surface area contributed by atoms with E-state index < -0.39 is 11.7 Å². The van der Waals surface area contributed by atoms with E-state index in [1.807, 2.05) is 31.2 Å². The van der Waals surface area contributed by atoms with E-state index in [2.05, 4.69) is 10.6 Å². The minimum atomic E-state index is -0.573. The van der Waals surface area contributed by atoms with Gasteiger partial charge in [-0.05, 0) is 55.5 Å². The molecule has 0 unspecified atom stereocenters. The van der Waals surface area contributed by atoms with E-state index in [1.165, 1.54) is 23.1 Å². The zero-order chi connectivity index (χ0) is 22.7. The Labute approximate surface area is 185 Å². The molecule has 0 bridgehead atoms. The number of hydrogen-bond acceptors (Lipinski definition) is 3. The Hall–Kier alpha value is -4.00. The Kier molecular flexibility index (Phi) is 5.98. The lowest BCUT2D eigenvalue weighted by atomic mass is 10.1. The third-order valence-corrected chi connectivity index (χ3v) is 5.32. The Morgan fingerprint density at radius 1 is 0.938 bits per heavy atom. The molecule has 1 fully saturated rings. The summed E-state index contributed by atoms with van der Waals surface area (Å²) in [6.07, 6.45) is 0.0426. The van der Waals surface area contributed by atoms with Crippen molar-refractivity contribution < 1.29 is 18.8 Å². The highest BCUT2D eigenvalue weighted by Gasteiger charge is 2.35. The second-order valence-corrected chi connectivity index (χ2v) is 7.78. The summed E-state index contributed by atoms with van der Waals surface area (Å²) in [6, 6.07) is 19.8. The van der Waals surface area contributed by atoms with Crippen LogP contribution in [0.3, 0.4) is 0 Å². The summed E-state index contributed by atoms with van der Waals surface area (Å²) in [5.74, 6) is -1.87. The number of aryl methyl sites for hydroxylation is 1. The minimum absolute atomic E-state index is 0.0426. The molecule has 0 saturated carbocycles. The number of nitrogens with zero attached hydrogens (tertiary/aromatic N) is 1. The Morgan fingerprint density at radius 3 is 2.44 bits per heavy atom. The maximum absolute atomic E-state index is 13.4. The molecule has 7 heteroatoms. The second-order valence-electron chi connectivity index (χ2n) is 7.78. The zero-order valence-corrected chi connectivity index (χ0v) is 17.5. The Bertz CT molecular complexity index is 1180. The van der Waals surface area contributed by atoms with Crippen molar-refractivity contribution in [1.82, 2.24) is 0 Å². The van der Waals surface area contributed by atoms with E-state index in [9.17, 15) is 18.8 Å². The van der Waals surface area contributed by atoms with Gasteiger partial charge in [0, 0.05) is 35.6 Å². The number of benzene rings is 3. The van der Waals surface area contributed by atoms with Crippen molar-refractivity contribution in [1.29, 1.82) is 0 Å². The van der Waals surface area contributed by atoms with Crippen LogP contribution in [0.4, 0.5) is 21.5 Å².